The van der Waals surface area contributed by atoms with E-state index in [-0.39, 0.29) is 27.3 Å². The van der Waals surface area contributed by atoms with Crippen molar-refractivity contribution in [2.24, 2.45) is 0 Å². The maximum atomic E-state index is 3.22. The average molecular weight is 278 g/mol. The molecular weight excluding hydrogens is 269 g/mol. The van der Waals surface area contributed by atoms with E-state index in [1.807, 2.05) is 0 Å². The average Bonchev–Trinajstić information content (AvgIpc) is 1.76. The maximum Gasteiger partial charge on any atom is 0 e. The first-order valence-electron chi connectivity index (χ1n) is 2.21. The molecule has 0 atom stereocenters. The molecule has 0 aromatic rings. The number of rotatable bonds is 0. The molecule has 0 saturated carbocycles. The van der Waals surface area contributed by atoms with Crippen molar-refractivity contribution in [3.05, 3.63) is 0 Å². The Hall–Kier alpha value is 0.882. The summed E-state index contributed by atoms with van der Waals surface area (Å²) in [5, 5.41) is 3.22. The van der Waals surface area contributed by atoms with Gasteiger partial charge in [-0.2, -0.15) is 0 Å². The van der Waals surface area contributed by atoms with Gasteiger partial charge < -0.3 is 5.32 Å². The smallest absolute Gasteiger partial charge is 0 e. The van der Waals surface area contributed by atoms with Gasteiger partial charge in [0.25, 0.3) is 0 Å². The van der Waals surface area contributed by atoms with Gasteiger partial charge in [0.2, 0.25) is 0 Å². The van der Waals surface area contributed by atoms with Crippen molar-refractivity contribution in [2.75, 3.05) is 13.1 Å². The second kappa shape index (κ2) is 4.05. The molecule has 1 heterocycles. The minimum atomic E-state index is 0. The first kappa shape index (κ1) is 6.88. The molecule has 1 N–H and O–H groups in total. The van der Waals surface area contributed by atoms with Crippen LogP contribution in [-0.2, 0) is 0 Å². The summed E-state index contributed by atoms with van der Waals surface area (Å²) in [6, 6.07) is 0. The van der Waals surface area contributed by atoms with Gasteiger partial charge in [-0.15, -0.1) is 0 Å². The molecule has 4 radical (unpaired) electrons. The van der Waals surface area contributed by atoms with Crippen LogP contribution in [0.1, 0.15) is 12.8 Å². The number of hydrogen-bond acceptors (Lipinski definition) is 1. The van der Waals surface area contributed by atoms with Crippen LogP contribution in [0.4, 0.5) is 0 Å². The Morgan fingerprint density at radius 3 is 1.67 bits per heavy atom. The molecule has 1 aliphatic rings. The van der Waals surface area contributed by atoms with Crippen molar-refractivity contribution in [3.8, 4) is 0 Å². The van der Waals surface area contributed by atoms with E-state index < -0.39 is 0 Å². The molecule has 0 aromatic carbocycles. The third kappa shape index (κ3) is 2.13. The quantitative estimate of drug-likeness (QED) is 0.615. The molecule has 6 heavy (non-hydrogen) atoms. The Morgan fingerprint density at radius 1 is 1.00 bits per heavy atom. The SMILES string of the molecule is C1CCNC1.[Pb]. The van der Waals surface area contributed by atoms with Crippen LogP contribution in [0.2, 0.25) is 0 Å². The summed E-state index contributed by atoms with van der Waals surface area (Å²) in [7, 11) is 0. The topological polar surface area (TPSA) is 12.0 Å². The van der Waals surface area contributed by atoms with Crippen LogP contribution in [-0.4, -0.2) is 40.4 Å². The molecule has 1 fully saturated rings. The summed E-state index contributed by atoms with van der Waals surface area (Å²) >= 11 is 0. The van der Waals surface area contributed by atoms with Gasteiger partial charge in [0.15, 0.2) is 0 Å². The molecule has 0 bridgehead atoms. The molecular formula is C4H9NPb. The van der Waals surface area contributed by atoms with E-state index in [4.69, 9.17) is 0 Å². The number of nitrogens with one attached hydrogen (secondary N) is 1. The van der Waals surface area contributed by atoms with Crippen molar-refractivity contribution in [1.29, 1.82) is 0 Å². The van der Waals surface area contributed by atoms with E-state index in [2.05, 4.69) is 5.32 Å². The van der Waals surface area contributed by atoms with Gasteiger partial charge in [-0.3, -0.25) is 0 Å². The third-order valence-electron chi connectivity index (χ3n) is 0.957. The summed E-state index contributed by atoms with van der Waals surface area (Å²) in [6.07, 6.45) is 2.78. The van der Waals surface area contributed by atoms with Gasteiger partial charge in [-0.05, 0) is 25.9 Å². The Morgan fingerprint density at radius 2 is 1.50 bits per heavy atom. The van der Waals surface area contributed by atoms with Crippen LogP contribution < -0.4 is 5.32 Å². The molecule has 1 aliphatic heterocycles. The van der Waals surface area contributed by atoms with Crippen LogP contribution in [0.25, 0.3) is 0 Å². The van der Waals surface area contributed by atoms with Gasteiger partial charge in [0.1, 0.15) is 0 Å². The van der Waals surface area contributed by atoms with E-state index >= 15 is 0 Å². The van der Waals surface area contributed by atoms with Crippen LogP contribution in [0, 0.1) is 0 Å². The van der Waals surface area contributed by atoms with Gasteiger partial charge >= 0.3 is 0 Å². The van der Waals surface area contributed by atoms with E-state index in [0.717, 1.165) is 0 Å². The molecule has 1 rings (SSSR count). The first-order valence-corrected chi connectivity index (χ1v) is 2.21. The molecule has 1 saturated heterocycles. The molecule has 0 aromatic heterocycles. The molecule has 0 amide bonds. The monoisotopic (exact) mass is 279 g/mol. The van der Waals surface area contributed by atoms with E-state index in [0.29, 0.717) is 0 Å². The predicted molar refractivity (Wildman–Crippen MR) is 27.9 cm³/mol. The van der Waals surface area contributed by atoms with Crippen molar-refractivity contribution < 1.29 is 0 Å². The molecule has 1 nitrogen and oxygen atoms in total. The van der Waals surface area contributed by atoms with E-state index in [1.54, 1.807) is 0 Å². The summed E-state index contributed by atoms with van der Waals surface area (Å²) in [5.74, 6) is 0. The van der Waals surface area contributed by atoms with Crippen molar-refractivity contribution in [1.82, 2.24) is 5.32 Å². The fraction of sp³-hybridized carbons (Fsp3) is 1.00. The van der Waals surface area contributed by atoms with Crippen LogP contribution in [0.15, 0.2) is 0 Å². The largest absolute Gasteiger partial charge is 0.317 e. The number of hydrogen-bond donors (Lipinski definition) is 1. The van der Waals surface area contributed by atoms with Crippen LogP contribution in [0.3, 0.4) is 0 Å². The Kier molecular flexibility index (Phi) is 4.65. The van der Waals surface area contributed by atoms with Gasteiger partial charge in [0, 0.05) is 27.3 Å². The normalized spacial score (nSPS) is 20.0. The van der Waals surface area contributed by atoms with Gasteiger partial charge in [-0.1, -0.05) is 0 Å². The van der Waals surface area contributed by atoms with E-state index in [9.17, 15) is 0 Å². The zero-order chi connectivity index (χ0) is 3.54. The fourth-order valence-corrected chi connectivity index (χ4v) is 0.625. The van der Waals surface area contributed by atoms with Crippen molar-refractivity contribution in [2.45, 2.75) is 12.8 Å². The first-order chi connectivity index (χ1) is 2.50. The van der Waals surface area contributed by atoms with Crippen molar-refractivity contribution >= 4 is 27.3 Å². The second-order valence-corrected chi connectivity index (χ2v) is 1.46. The molecule has 0 unspecified atom stereocenters. The zero-order valence-electron chi connectivity index (χ0n) is 3.83. The van der Waals surface area contributed by atoms with E-state index in [1.165, 1.54) is 25.9 Å². The standard InChI is InChI=1S/C4H9N.Pb/c1-2-4-5-3-1;/h5H,1-4H2;. The Bertz CT molecular complexity index is 19.1. The minimum Gasteiger partial charge on any atom is -0.317 e. The summed E-state index contributed by atoms with van der Waals surface area (Å²) in [5.41, 5.74) is 0. The predicted octanol–water partition coefficient (Wildman–Crippen LogP) is -0.0110. The minimum absolute atomic E-state index is 0. The Balaban J connectivity index is 0.000000250. The van der Waals surface area contributed by atoms with Crippen LogP contribution in [0.5, 0.6) is 0 Å². The summed E-state index contributed by atoms with van der Waals surface area (Å²) in [4.78, 5) is 0. The maximum absolute atomic E-state index is 3.22. The Labute approximate surface area is 58.7 Å². The molecule has 0 spiro atoms. The fourth-order valence-electron chi connectivity index (χ4n) is 0.625. The van der Waals surface area contributed by atoms with Gasteiger partial charge in [-0.25, -0.2) is 0 Å². The second-order valence-electron chi connectivity index (χ2n) is 1.46. The van der Waals surface area contributed by atoms with Crippen LogP contribution >= 0.6 is 0 Å². The zero-order valence-corrected chi connectivity index (χ0v) is 7.72. The molecule has 2 heteroatoms. The third-order valence-corrected chi connectivity index (χ3v) is 0.957. The summed E-state index contributed by atoms with van der Waals surface area (Å²) in [6.45, 7) is 2.50. The molecule has 34 valence electrons. The van der Waals surface area contributed by atoms with Gasteiger partial charge in [0.05, 0.1) is 0 Å². The summed E-state index contributed by atoms with van der Waals surface area (Å²) < 4.78 is 0. The van der Waals surface area contributed by atoms with Crippen molar-refractivity contribution in [3.63, 3.8) is 0 Å². The molecule has 0 aliphatic carbocycles.